The van der Waals surface area contributed by atoms with E-state index in [1.165, 1.54) is 0 Å². The van der Waals surface area contributed by atoms with Gasteiger partial charge in [0.15, 0.2) is 0 Å². The van der Waals surface area contributed by atoms with E-state index in [1.807, 2.05) is 39.8 Å². The van der Waals surface area contributed by atoms with Gasteiger partial charge in [0.2, 0.25) is 0 Å². The summed E-state index contributed by atoms with van der Waals surface area (Å²) in [4.78, 5) is 0. The Morgan fingerprint density at radius 2 is 1.73 bits per heavy atom. The average molecular weight is 228 g/mol. The molecule has 0 aliphatic carbocycles. The van der Waals surface area contributed by atoms with Crippen molar-refractivity contribution in [2.45, 2.75) is 33.2 Å². The quantitative estimate of drug-likeness (QED) is 0.862. The van der Waals surface area contributed by atoms with Crippen molar-refractivity contribution in [3.63, 3.8) is 0 Å². The number of benzene rings is 1. The van der Waals surface area contributed by atoms with Gasteiger partial charge in [-0.1, -0.05) is 11.6 Å². The van der Waals surface area contributed by atoms with Crippen molar-refractivity contribution in [3.8, 4) is 5.75 Å². The van der Waals surface area contributed by atoms with Gasteiger partial charge in [-0.25, -0.2) is 0 Å². The number of rotatable bonds is 3. The highest BCUT2D eigenvalue weighted by molar-refractivity contribution is 6.32. The van der Waals surface area contributed by atoms with Crippen molar-refractivity contribution in [3.05, 3.63) is 28.3 Å². The summed E-state index contributed by atoms with van der Waals surface area (Å²) in [5.41, 5.74) is 7.58. The van der Waals surface area contributed by atoms with Gasteiger partial charge in [-0.3, -0.25) is 0 Å². The Morgan fingerprint density at radius 1 is 1.27 bits per heavy atom. The number of ether oxygens (including phenoxy) is 1. The van der Waals surface area contributed by atoms with E-state index in [0.717, 1.165) is 21.9 Å². The molecule has 0 heterocycles. The van der Waals surface area contributed by atoms with E-state index in [2.05, 4.69) is 0 Å². The maximum atomic E-state index is 6.06. The van der Waals surface area contributed by atoms with Crippen LogP contribution in [-0.4, -0.2) is 12.1 Å². The van der Waals surface area contributed by atoms with Crippen molar-refractivity contribution in [2.24, 2.45) is 5.73 Å². The lowest BCUT2D eigenvalue weighted by Crippen LogP contribution is -2.38. The summed E-state index contributed by atoms with van der Waals surface area (Å²) in [6.45, 7) is 8.30. The number of hydrogen-bond donors (Lipinski definition) is 1. The first-order chi connectivity index (χ1) is 6.79. The van der Waals surface area contributed by atoms with Crippen LogP contribution in [0, 0.1) is 13.8 Å². The Morgan fingerprint density at radius 3 is 2.13 bits per heavy atom. The smallest absolute Gasteiger partial charge is 0.120 e. The summed E-state index contributed by atoms with van der Waals surface area (Å²) < 4.78 is 5.60. The Hall–Kier alpha value is -0.730. The fourth-order valence-corrected chi connectivity index (χ4v) is 1.37. The second kappa shape index (κ2) is 4.42. The molecule has 0 atom stereocenters. The highest BCUT2D eigenvalue weighted by Gasteiger charge is 2.12. The molecule has 2 nitrogen and oxygen atoms in total. The zero-order valence-corrected chi connectivity index (χ0v) is 10.5. The number of hydrogen-bond acceptors (Lipinski definition) is 2. The van der Waals surface area contributed by atoms with Crippen LogP contribution in [0.3, 0.4) is 0 Å². The Kier molecular flexibility index (Phi) is 3.63. The van der Waals surface area contributed by atoms with E-state index >= 15 is 0 Å². The van der Waals surface area contributed by atoms with Gasteiger partial charge in [0.1, 0.15) is 12.4 Å². The zero-order chi connectivity index (χ0) is 11.6. The van der Waals surface area contributed by atoms with Gasteiger partial charge in [0, 0.05) is 10.6 Å². The monoisotopic (exact) mass is 227 g/mol. The molecular weight excluding hydrogens is 210 g/mol. The molecule has 1 aromatic carbocycles. The summed E-state index contributed by atoms with van der Waals surface area (Å²) in [6, 6.07) is 3.86. The predicted molar refractivity (Wildman–Crippen MR) is 64.7 cm³/mol. The third-order valence-electron chi connectivity index (χ3n) is 2.02. The normalized spacial score (nSPS) is 11.6. The van der Waals surface area contributed by atoms with Crippen molar-refractivity contribution < 1.29 is 4.74 Å². The molecule has 0 aromatic heterocycles. The van der Waals surface area contributed by atoms with E-state index in [-0.39, 0.29) is 5.54 Å². The van der Waals surface area contributed by atoms with Gasteiger partial charge in [-0.2, -0.15) is 0 Å². The lowest BCUT2D eigenvalue weighted by atomic mass is 10.1. The summed E-state index contributed by atoms with van der Waals surface area (Å²) in [5, 5.41) is 0.800. The number of halogens is 1. The molecule has 1 aromatic rings. The van der Waals surface area contributed by atoms with Crippen LogP contribution >= 0.6 is 11.6 Å². The van der Waals surface area contributed by atoms with Crippen LogP contribution < -0.4 is 10.5 Å². The minimum atomic E-state index is -0.318. The van der Waals surface area contributed by atoms with Crippen LogP contribution in [0.1, 0.15) is 25.0 Å². The molecule has 0 bridgehead atoms. The van der Waals surface area contributed by atoms with Crippen molar-refractivity contribution >= 4 is 11.6 Å². The van der Waals surface area contributed by atoms with Crippen LogP contribution in [-0.2, 0) is 0 Å². The molecule has 3 heteroatoms. The molecule has 0 aliphatic heterocycles. The summed E-state index contributed by atoms with van der Waals surface area (Å²) in [6.07, 6.45) is 0. The van der Waals surface area contributed by atoms with Crippen molar-refractivity contribution in [1.29, 1.82) is 0 Å². The molecule has 0 aliphatic rings. The molecule has 0 fully saturated rings. The van der Waals surface area contributed by atoms with Gasteiger partial charge in [-0.05, 0) is 51.0 Å². The third-order valence-corrected chi connectivity index (χ3v) is 2.62. The molecule has 0 saturated heterocycles. The molecule has 0 unspecified atom stereocenters. The van der Waals surface area contributed by atoms with Gasteiger partial charge >= 0.3 is 0 Å². The van der Waals surface area contributed by atoms with Crippen LogP contribution in [0.2, 0.25) is 5.02 Å². The van der Waals surface area contributed by atoms with Crippen LogP contribution in [0.4, 0.5) is 0 Å². The molecule has 0 saturated carbocycles. The van der Waals surface area contributed by atoms with Gasteiger partial charge in [0.05, 0.1) is 0 Å². The lowest BCUT2D eigenvalue weighted by molar-refractivity contribution is 0.243. The first-order valence-electron chi connectivity index (χ1n) is 4.98. The summed E-state index contributed by atoms with van der Waals surface area (Å²) in [5.74, 6) is 0.827. The molecular formula is C12H18ClNO. The van der Waals surface area contributed by atoms with E-state index in [4.69, 9.17) is 22.1 Å². The third kappa shape index (κ3) is 3.73. The molecule has 0 radical (unpaired) electrons. The zero-order valence-electron chi connectivity index (χ0n) is 9.73. The minimum Gasteiger partial charge on any atom is -0.492 e. The average Bonchev–Trinajstić information content (AvgIpc) is 2.09. The SMILES string of the molecule is Cc1cc(OCC(C)(C)N)cc(C)c1Cl. The van der Waals surface area contributed by atoms with Gasteiger partial charge < -0.3 is 10.5 Å². The van der Waals surface area contributed by atoms with Crippen LogP contribution in [0.15, 0.2) is 12.1 Å². The van der Waals surface area contributed by atoms with Crippen molar-refractivity contribution in [1.82, 2.24) is 0 Å². The topological polar surface area (TPSA) is 35.2 Å². The van der Waals surface area contributed by atoms with E-state index in [0.29, 0.717) is 6.61 Å². The Balaban J connectivity index is 2.80. The minimum absolute atomic E-state index is 0.318. The van der Waals surface area contributed by atoms with Crippen LogP contribution in [0.25, 0.3) is 0 Å². The first kappa shape index (κ1) is 12.3. The fraction of sp³-hybridized carbons (Fsp3) is 0.500. The second-order valence-corrected chi connectivity index (χ2v) is 5.03. The predicted octanol–water partition coefficient (Wildman–Crippen LogP) is 3.07. The van der Waals surface area contributed by atoms with Gasteiger partial charge in [-0.15, -0.1) is 0 Å². The molecule has 0 spiro atoms. The molecule has 2 N–H and O–H groups in total. The first-order valence-corrected chi connectivity index (χ1v) is 5.36. The molecule has 0 amide bonds. The standard InChI is InChI=1S/C12H18ClNO/c1-8-5-10(6-9(2)11(8)13)15-7-12(3,4)14/h5-6H,7,14H2,1-4H3. The molecule has 84 valence electrons. The molecule has 15 heavy (non-hydrogen) atoms. The largest absolute Gasteiger partial charge is 0.492 e. The molecule has 1 rings (SSSR count). The lowest BCUT2D eigenvalue weighted by Gasteiger charge is -2.19. The van der Waals surface area contributed by atoms with Crippen LogP contribution in [0.5, 0.6) is 5.75 Å². The number of aryl methyl sites for hydroxylation is 2. The summed E-state index contributed by atoms with van der Waals surface area (Å²) >= 11 is 6.06. The van der Waals surface area contributed by atoms with Crippen molar-refractivity contribution in [2.75, 3.05) is 6.61 Å². The Bertz CT molecular complexity index is 332. The van der Waals surface area contributed by atoms with E-state index < -0.39 is 0 Å². The summed E-state index contributed by atoms with van der Waals surface area (Å²) in [7, 11) is 0. The Labute approximate surface area is 96.4 Å². The fourth-order valence-electron chi connectivity index (χ4n) is 1.26. The highest BCUT2D eigenvalue weighted by Crippen LogP contribution is 2.26. The maximum absolute atomic E-state index is 6.06. The van der Waals surface area contributed by atoms with E-state index in [1.54, 1.807) is 0 Å². The van der Waals surface area contributed by atoms with E-state index in [9.17, 15) is 0 Å². The van der Waals surface area contributed by atoms with Gasteiger partial charge in [0.25, 0.3) is 0 Å². The maximum Gasteiger partial charge on any atom is 0.120 e. The second-order valence-electron chi connectivity index (χ2n) is 4.65. The number of nitrogens with two attached hydrogens (primary N) is 1. The highest BCUT2D eigenvalue weighted by atomic mass is 35.5.